The van der Waals surface area contributed by atoms with Crippen LogP contribution in [0.2, 0.25) is 0 Å². The summed E-state index contributed by atoms with van der Waals surface area (Å²) < 4.78 is 6.76. The van der Waals surface area contributed by atoms with Crippen molar-refractivity contribution in [1.29, 1.82) is 0 Å². The third-order valence-corrected chi connectivity index (χ3v) is 12.6. The van der Waals surface area contributed by atoms with E-state index >= 15 is 0 Å². The second-order valence-corrected chi connectivity index (χ2v) is 16.0. The Morgan fingerprint density at radius 2 is 0.929 bits per heavy atom. The van der Waals surface area contributed by atoms with E-state index in [1.807, 2.05) is 0 Å². The van der Waals surface area contributed by atoms with Crippen LogP contribution in [0.1, 0.15) is 25.0 Å². The molecule has 56 heavy (non-hydrogen) atoms. The fourth-order valence-electron chi connectivity index (χ4n) is 9.95. The monoisotopic (exact) mass is 712 g/mol. The molecule has 1 aromatic heterocycles. The molecule has 0 amide bonds. The summed E-state index contributed by atoms with van der Waals surface area (Å²) in [4.78, 5) is 0. The summed E-state index contributed by atoms with van der Waals surface area (Å²) in [5, 5.41) is 12.4. The molecular weight excluding hydrogens is 677 g/mol. The minimum Gasteiger partial charge on any atom is -0.455 e. The maximum atomic E-state index is 6.76. The van der Waals surface area contributed by atoms with Gasteiger partial charge in [-0.2, -0.15) is 0 Å². The van der Waals surface area contributed by atoms with Gasteiger partial charge < -0.3 is 4.42 Å². The zero-order valence-electron chi connectivity index (χ0n) is 31.2. The largest absolute Gasteiger partial charge is 0.455 e. The number of furan rings is 1. The molecule has 1 nitrogen and oxygen atoms in total. The lowest BCUT2D eigenvalue weighted by molar-refractivity contribution is 0.653. The summed E-state index contributed by atoms with van der Waals surface area (Å²) in [5.41, 5.74) is 14.4. The highest BCUT2D eigenvalue weighted by atomic mass is 16.3. The van der Waals surface area contributed by atoms with Crippen LogP contribution >= 0.6 is 0 Å². The highest BCUT2D eigenvalue weighted by molar-refractivity contribution is 6.23. The van der Waals surface area contributed by atoms with Crippen LogP contribution in [0, 0.1) is 0 Å². The molecule has 0 radical (unpaired) electrons. The SMILES string of the molecule is CC1(C)c2cc(-c3cccc(-c4c5ccccc5c(-c5ccc6ccccc6c5)c5ccccc45)c3)ccc2-c2c1ccc1c2oc2ccc3ccccc3c21. The Labute approximate surface area is 325 Å². The summed E-state index contributed by atoms with van der Waals surface area (Å²) in [6.45, 7) is 4.72. The highest BCUT2D eigenvalue weighted by Crippen LogP contribution is 2.54. The molecule has 0 fully saturated rings. The second kappa shape index (κ2) is 11.5. The molecule has 1 heteroatoms. The molecular formula is C55H36O. The number of rotatable bonds is 3. The van der Waals surface area contributed by atoms with Crippen LogP contribution in [-0.4, -0.2) is 0 Å². The molecule has 11 aromatic rings. The van der Waals surface area contributed by atoms with Gasteiger partial charge in [0.25, 0.3) is 0 Å². The zero-order valence-corrected chi connectivity index (χ0v) is 31.2. The van der Waals surface area contributed by atoms with Gasteiger partial charge in [0, 0.05) is 21.8 Å². The first-order valence-corrected chi connectivity index (χ1v) is 19.6. The average Bonchev–Trinajstić information content (AvgIpc) is 3.74. The number of benzene rings is 10. The molecule has 0 spiro atoms. The van der Waals surface area contributed by atoms with Gasteiger partial charge in [0.1, 0.15) is 11.2 Å². The van der Waals surface area contributed by atoms with E-state index in [2.05, 4.69) is 196 Å². The van der Waals surface area contributed by atoms with E-state index in [-0.39, 0.29) is 5.41 Å². The van der Waals surface area contributed by atoms with Crippen molar-refractivity contribution in [2.24, 2.45) is 0 Å². The number of hydrogen-bond donors (Lipinski definition) is 0. The Bertz CT molecular complexity index is 3390. The van der Waals surface area contributed by atoms with Gasteiger partial charge in [-0.15, -0.1) is 0 Å². The van der Waals surface area contributed by atoms with Gasteiger partial charge >= 0.3 is 0 Å². The van der Waals surface area contributed by atoms with E-state index in [0.29, 0.717) is 0 Å². The van der Waals surface area contributed by atoms with Crippen LogP contribution in [0.15, 0.2) is 186 Å². The van der Waals surface area contributed by atoms with E-state index in [0.717, 1.165) is 11.2 Å². The topological polar surface area (TPSA) is 13.1 Å². The van der Waals surface area contributed by atoms with Crippen molar-refractivity contribution in [1.82, 2.24) is 0 Å². The third kappa shape index (κ3) is 4.37. The van der Waals surface area contributed by atoms with E-state index in [9.17, 15) is 0 Å². The van der Waals surface area contributed by atoms with Crippen LogP contribution < -0.4 is 0 Å². The first-order valence-electron chi connectivity index (χ1n) is 19.6. The Kier molecular flexibility index (Phi) is 6.46. The number of hydrogen-bond acceptors (Lipinski definition) is 1. The van der Waals surface area contributed by atoms with Crippen molar-refractivity contribution >= 4 is 65.0 Å². The number of fused-ring (bicyclic) bond motifs is 12. The fraction of sp³-hybridized carbons (Fsp3) is 0.0545. The zero-order chi connectivity index (χ0) is 37.1. The normalized spacial score (nSPS) is 13.3. The maximum absolute atomic E-state index is 6.76. The Morgan fingerprint density at radius 1 is 0.357 bits per heavy atom. The molecule has 1 heterocycles. The molecule has 12 rings (SSSR count). The van der Waals surface area contributed by atoms with Gasteiger partial charge in [-0.1, -0.05) is 172 Å². The van der Waals surface area contributed by atoms with Crippen LogP contribution in [0.5, 0.6) is 0 Å². The molecule has 0 unspecified atom stereocenters. The predicted octanol–water partition coefficient (Wildman–Crippen LogP) is 15.5. The van der Waals surface area contributed by atoms with E-state index in [1.165, 1.54) is 109 Å². The molecule has 10 aromatic carbocycles. The second-order valence-electron chi connectivity index (χ2n) is 16.0. The van der Waals surface area contributed by atoms with Crippen molar-refractivity contribution in [3.63, 3.8) is 0 Å². The molecule has 0 aliphatic heterocycles. The van der Waals surface area contributed by atoms with E-state index in [4.69, 9.17) is 4.42 Å². The average molecular weight is 713 g/mol. The van der Waals surface area contributed by atoms with Gasteiger partial charge in [-0.25, -0.2) is 0 Å². The third-order valence-electron chi connectivity index (χ3n) is 12.6. The standard InChI is InChI=1S/C55H36O/c1-55(2)47-28-27-46-52-40-17-6-5-13-34(40)25-29-49(52)56-54(46)53(47)45-26-24-37(32-48(45)55)36-15-11-16-38(31-36)50-41-18-7-9-20-43(41)51(44-21-10-8-19-42(44)50)39-23-22-33-12-3-4-14-35(33)30-39/h3-32H,1-2H3. The van der Waals surface area contributed by atoms with Gasteiger partial charge in [-0.05, 0) is 117 Å². The Balaban J connectivity index is 1.02. The summed E-state index contributed by atoms with van der Waals surface area (Å²) in [6.07, 6.45) is 0. The van der Waals surface area contributed by atoms with Crippen LogP contribution in [0.25, 0.3) is 110 Å². The van der Waals surface area contributed by atoms with Crippen molar-refractivity contribution in [2.75, 3.05) is 0 Å². The van der Waals surface area contributed by atoms with Crippen molar-refractivity contribution in [2.45, 2.75) is 19.3 Å². The first kappa shape index (κ1) is 31.4. The fourth-order valence-corrected chi connectivity index (χ4v) is 9.95. The highest BCUT2D eigenvalue weighted by Gasteiger charge is 2.38. The van der Waals surface area contributed by atoms with Gasteiger partial charge in [0.2, 0.25) is 0 Å². The summed E-state index contributed by atoms with van der Waals surface area (Å²) in [7, 11) is 0. The molecule has 0 saturated heterocycles. The van der Waals surface area contributed by atoms with Crippen LogP contribution in [0.4, 0.5) is 0 Å². The van der Waals surface area contributed by atoms with Crippen LogP contribution in [-0.2, 0) is 5.41 Å². The smallest absolute Gasteiger partial charge is 0.143 e. The van der Waals surface area contributed by atoms with Crippen LogP contribution in [0.3, 0.4) is 0 Å². The van der Waals surface area contributed by atoms with E-state index < -0.39 is 0 Å². The molecule has 262 valence electrons. The van der Waals surface area contributed by atoms with Gasteiger partial charge in [-0.3, -0.25) is 0 Å². The quantitative estimate of drug-likeness (QED) is 0.166. The Hall–Kier alpha value is -6.96. The lowest BCUT2D eigenvalue weighted by atomic mass is 9.81. The molecule has 1 aliphatic carbocycles. The van der Waals surface area contributed by atoms with Crippen molar-refractivity contribution < 1.29 is 4.42 Å². The lowest BCUT2D eigenvalue weighted by Crippen LogP contribution is -2.14. The first-order chi connectivity index (χ1) is 27.5. The molecule has 0 saturated carbocycles. The molecule has 0 N–H and O–H groups in total. The molecule has 0 bridgehead atoms. The summed E-state index contributed by atoms with van der Waals surface area (Å²) >= 11 is 0. The lowest BCUT2D eigenvalue weighted by Gasteiger charge is -2.22. The van der Waals surface area contributed by atoms with Crippen molar-refractivity contribution in [3.05, 3.63) is 193 Å². The molecule has 1 aliphatic rings. The van der Waals surface area contributed by atoms with Crippen molar-refractivity contribution in [3.8, 4) is 44.5 Å². The maximum Gasteiger partial charge on any atom is 0.143 e. The summed E-state index contributed by atoms with van der Waals surface area (Å²) in [5.74, 6) is 0. The minimum atomic E-state index is -0.182. The van der Waals surface area contributed by atoms with Gasteiger partial charge in [0.05, 0.1) is 0 Å². The van der Waals surface area contributed by atoms with Gasteiger partial charge in [0.15, 0.2) is 0 Å². The Morgan fingerprint density at radius 3 is 1.66 bits per heavy atom. The predicted molar refractivity (Wildman–Crippen MR) is 238 cm³/mol. The van der Waals surface area contributed by atoms with E-state index in [1.54, 1.807) is 0 Å². The minimum absolute atomic E-state index is 0.182. The summed E-state index contributed by atoms with van der Waals surface area (Å²) in [6, 6.07) is 67.2. The molecule has 0 atom stereocenters.